The maximum atomic E-state index is 10.7. The molecule has 2 nitrogen and oxygen atoms in total. The van der Waals surface area contributed by atoms with Crippen LogP contribution in [0, 0.1) is 6.92 Å². The summed E-state index contributed by atoms with van der Waals surface area (Å²) in [6, 6.07) is 12.5. The summed E-state index contributed by atoms with van der Waals surface area (Å²) in [5.41, 5.74) is 1.64. The number of carbonyl (C=O) groups excluding carboxylic acids is 1. The van der Waals surface area contributed by atoms with E-state index in [1.165, 1.54) is 0 Å². The van der Waals surface area contributed by atoms with Gasteiger partial charge in [-0.05, 0) is 36.8 Å². The van der Waals surface area contributed by atoms with Crippen LogP contribution >= 0.6 is 11.6 Å². The summed E-state index contributed by atoms with van der Waals surface area (Å²) in [7, 11) is 0. The minimum absolute atomic E-state index is 0.548. The van der Waals surface area contributed by atoms with Crippen molar-refractivity contribution in [3.63, 3.8) is 0 Å². The molecule has 17 heavy (non-hydrogen) atoms. The van der Waals surface area contributed by atoms with Crippen LogP contribution in [0.3, 0.4) is 0 Å². The molecule has 2 aromatic carbocycles. The van der Waals surface area contributed by atoms with Gasteiger partial charge in [-0.3, -0.25) is 4.79 Å². The second-order valence-electron chi connectivity index (χ2n) is 3.73. The largest absolute Gasteiger partial charge is 0.456 e. The molecule has 0 aliphatic carbocycles. The van der Waals surface area contributed by atoms with Gasteiger partial charge in [0.25, 0.3) is 0 Å². The Hall–Kier alpha value is -1.80. The van der Waals surface area contributed by atoms with Crippen LogP contribution in [0.25, 0.3) is 0 Å². The Morgan fingerprint density at radius 2 is 2.00 bits per heavy atom. The van der Waals surface area contributed by atoms with E-state index < -0.39 is 0 Å². The molecule has 0 unspecified atom stereocenters. The first-order valence-corrected chi connectivity index (χ1v) is 5.56. The molecule has 0 spiro atoms. The standard InChI is InChI=1S/C14H11ClO2/c1-10-5-6-13(15)14(7-10)17-12-4-2-3-11(8-12)9-16/h2-9H,1H3. The molecule has 0 aliphatic rings. The number of halogens is 1. The summed E-state index contributed by atoms with van der Waals surface area (Å²) < 4.78 is 5.64. The lowest BCUT2D eigenvalue weighted by Crippen LogP contribution is -1.88. The van der Waals surface area contributed by atoms with E-state index in [0.29, 0.717) is 22.1 Å². The summed E-state index contributed by atoms with van der Waals surface area (Å²) in [5, 5.41) is 0.548. The van der Waals surface area contributed by atoms with E-state index in [4.69, 9.17) is 16.3 Å². The SMILES string of the molecule is Cc1ccc(Cl)c(Oc2cccc(C=O)c2)c1. The number of carbonyl (C=O) groups is 1. The van der Waals surface area contributed by atoms with E-state index in [0.717, 1.165) is 11.8 Å². The fourth-order valence-electron chi connectivity index (χ4n) is 1.47. The maximum absolute atomic E-state index is 10.7. The molecule has 2 rings (SSSR count). The van der Waals surface area contributed by atoms with Crippen LogP contribution in [-0.2, 0) is 0 Å². The second kappa shape index (κ2) is 5.02. The Morgan fingerprint density at radius 3 is 2.76 bits per heavy atom. The first-order valence-electron chi connectivity index (χ1n) is 5.18. The average molecular weight is 247 g/mol. The monoisotopic (exact) mass is 246 g/mol. The molecule has 2 aromatic rings. The van der Waals surface area contributed by atoms with Gasteiger partial charge in [0, 0.05) is 5.56 Å². The molecule has 3 heteroatoms. The molecule has 0 aromatic heterocycles. The van der Waals surface area contributed by atoms with Crippen molar-refractivity contribution in [2.45, 2.75) is 6.92 Å². The number of hydrogen-bond acceptors (Lipinski definition) is 2. The van der Waals surface area contributed by atoms with Crippen molar-refractivity contribution >= 4 is 17.9 Å². The zero-order valence-corrected chi connectivity index (χ0v) is 10.1. The number of benzene rings is 2. The summed E-state index contributed by atoms with van der Waals surface area (Å²) in [6.07, 6.45) is 0.782. The van der Waals surface area contributed by atoms with Gasteiger partial charge in [-0.15, -0.1) is 0 Å². The van der Waals surface area contributed by atoms with Crippen molar-refractivity contribution < 1.29 is 9.53 Å². The van der Waals surface area contributed by atoms with E-state index in [-0.39, 0.29) is 0 Å². The lowest BCUT2D eigenvalue weighted by Gasteiger charge is -2.08. The molecule has 0 atom stereocenters. The van der Waals surface area contributed by atoms with Gasteiger partial charge < -0.3 is 4.74 Å². The lowest BCUT2D eigenvalue weighted by molar-refractivity contribution is 0.112. The van der Waals surface area contributed by atoms with Crippen molar-refractivity contribution in [1.82, 2.24) is 0 Å². The Morgan fingerprint density at radius 1 is 1.18 bits per heavy atom. The van der Waals surface area contributed by atoms with E-state index in [9.17, 15) is 4.79 Å². The van der Waals surface area contributed by atoms with Crippen LogP contribution in [0.2, 0.25) is 5.02 Å². The number of rotatable bonds is 3. The smallest absolute Gasteiger partial charge is 0.150 e. The number of hydrogen-bond donors (Lipinski definition) is 0. The number of aryl methyl sites for hydroxylation is 1. The average Bonchev–Trinajstić information content (AvgIpc) is 2.34. The fourth-order valence-corrected chi connectivity index (χ4v) is 1.62. The van der Waals surface area contributed by atoms with Crippen LogP contribution < -0.4 is 4.74 Å². The van der Waals surface area contributed by atoms with Gasteiger partial charge in [0.05, 0.1) is 5.02 Å². The Labute approximate surface area is 105 Å². The molecule has 0 saturated heterocycles. The minimum atomic E-state index is 0.548. The van der Waals surface area contributed by atoms with E-state index in [1.54, 1.807) is 30.3 Å². The van der Waals surface area contributed by atoms with E-state index in [1.807, 2.05) is 19.1 Å². The first-order chi connectivity index (χ1) is 8.19. The van der Waals surface area contributed by atoms with Crippen molar-refractivity contribution in [2.75, 3.05) is 0 Å². The highest BCUT2D eigenvalue weighted by molar-refractivity contribution is 6.32. The van der Waals surface area contributed by atoms with Gasteiger partial charge in [-0.25, -0.2) is 0 Å². The molecule has 0 N–H and O–H groups in total. The summed E-state index contributed by atoms with van der Waals surface area (Å²) in [6.45, 7) is 1.96. The van der Waals surface area contributed by atoms with Gasteiger partial charge in [0.15, 0.2) is 0 Å². The normalized spacial score (nSPS) is 10.0. The fraction of sp³-hybridized carbons (Fsp3) is 0.0714. The highest BCUT2D eigenvalue weighted by Gasteiger charge is 2.03. The molecular formula is C14H11ClO2. The Balaban J connectivity index is 2.30. The highest BCUT2D eigenvalue weighted by atomic mass is 35.5. The Kier molecular flexibility index (Phi) is 3.45. The van der Waals surface area contributed by atoms with Gasteiger partial charge >= 0.3 is 0 Å². The predicted molar refractivity (Wildman–Crippen MR) is 68.1 cm³/mol. The van der Waals surface area contributed by atoms with E-state index in [2.05, 4.69) is 0 Å². The minimum Gasteiger partial charge on any atom is -0.456 e. The third-order valence-corrected chi connectivity index (χ3v) is 2.62. The van der Waals surface area contributed by atoms with Gasteiger partial charge in [-0.1, -0.05) is 29.8 Å². The van der Waals surface area contributed by atoms with Crippen LogP contribution in [0.15, 0.2) is 42.5 Å². The number of ether oxygens (including phenoxy) is 1. The molecule has 0 saturated carbocycles. The summed E-state index contributed by atoms with van der Waals surface area (Å²) in [4.78, 5) is 10.7. The highest BCUT2D eigenvalue weighted by Crippen LogP contribution is 2.30. The van der Waals surface area contributed by atoms with E-state index >= 15 is 0 Å². The first kappa shape index (κ1) is 11.7. The molecule has 0 fully saturated rings. The summed E-state index contributed by atoms with van der Waals surface area (Å²) in [5.74, 6) is 1.19. The third kappa shape index (κ3) is 2.86. The van der Waals surface area contributed by atoms with Crippen LogP contribution in [0.4, 0.5) is 0 Å². The molecule has 86 valence electrons. The maximum Gasteiger partial charge on any atom is 0.150 e. The molecular weight excluding hydrogens is 236 g/mol. The van der Waals surface area contributed by atoms with Gasteiger partial charge in [-0.2, -0.15) is 0 Å². The third-order valence-electron chi connectivity index (χ3n) is 2.31. The Bertz CT molecular complexity index is 550. The zero-order valence-electron chi connectivity index (χ0n) is 9.31. The van der Waals surface area contributed by atoms with Gasteiger partial charge in [0.2, 0.25) is 0 Å². The molecule has 0 bridgehead atoms. The second-order valence-corrected chi connectivity index (χ2v) is 4.13. The van der Waals surface area contributed by atoms with Crippen molar-refractivity contribution in [3.8, 4) is 11.5 Å². The van der Waals surface area contributed by atoms with Crippen LogP contribution in [0.1, 0.15) is 15.9 Å². The molecule has 0 radical (unpaired) electrons. The predicted octanol–water partition coefficient (Wildman–Crippen LogP) is 4.25. The molecule has 0 aliphatic heterocycles. The van der Waals surface area contributed by atoms with Crippen molar-refractivity contribution in [1.29, 1.82) is 0 Å². The topological polar surface area (TPSA) is 26.3 Å². The summed E-state index contributed by atoms with van der Waals surface area (Å²) >= 11 is 6.03. The zero-order chi connectivity index (χ0) is 12.3. The molecule has 0 heterocycles. The quantitative estimate of drug-likeness (QED) is 0.757. The number of aldehydes is 1. The van der Waals surface area contributed by atoms with Crippen molar-refractivity contribution in [2.24, 2.45) is 0 Å². The van der Waals surface area contributed by atoms with Crippen LogP contribution in [-0.4, -0.2) is 6.29 Å². The van der Waals surface area contributed by atoms with Crippen LogP contribution in [0.5, 0.6) is 11.5 Å². The lowest BCUT2D eigenvalue weighted by atomic mass is 10.2. The van der Waals surface area contributed by atoms with Gasteiger partial charge in [0.1, 0.15) is 17.8 Å². The van der Waals surface area contributed by atoms with Crippen molar-refractivity contribution in [3.05, 3.63) is 58.6 Å². The molecule has 0 amide bonds.